The molecule has 0 aliphatic heterocycles. The van der Waals surface area contributed by atoms with Gasteiger partial charge in [0.2, 0.25) is 0 Å². The van der Waals surface area contributed by atoms with Crippen LogP contribution in [0.25, 0.3) is 0 Å². The van der Waals surface area contributed by atoms with Gasteiger partial charge in [-0.3, -0.25) is 4.31 Å². The molecule has 0 heterocycles. The highest BCUT2D eigenvalue weighted by atomic mass is 35.5. The van der Waals surface area contributed by atoms with Gasteiger partial charge in [0.1, 0.15) is 23.1 Å². The number of anilines is 1. The lowest BCUT2D eigenvalue weighted by molar-refractivity contribution is 0.396. The Labute approximate surface area is 192 Å². The third kappa shape index (κ3) is 4.61. The molecule has 3 rings (SSSR count). The quantitative estimate of drug-likeness (QED) is 0.429. The smallest absolute Gasteiger partial charge is 0.264 e. The van der Waals surface area contributed by atoms with Gasteiger partial charge in [-0.15, -0.1) is 0 Å². The zero-order valence-electron chi connectivity index (χ0n) is 18.0. The highest BCUT2D eigenvalue weighted by molar-refractivity contribution is 7.92. The van der Waals surface area contributed by atoms with Crippen molar-refractivity contribution in [1.29, 1.82) is 0 Å². The molecule has 0 aliphatic carbocycles. The summed E-state index contributed by atoms with van der Waals surface area (Å²) in [7, 11) is 0.388. The second kappa shape index (κ2) is 9.67. The van der Waals surface area contributed by atoms with Gasteiger partial charge in [0.25, 0.3) is 10.0 Å². The van der Waals surface area contributed by atoms with E-state index in [4.69, 9.17) is 25.8 Å². The van der Waals surface area contributed by atoms with E-state index in [1.54, 1.807) is 49.4 Å². The molecule has 0 N–H and O–H groups in total. The van der Waals surface area contributed by atoms with Gasteiger partial charge in [-0.05, 0) is 67.6 Å². The summed E-state index contributed by atoms with van der Waals surface area (Å²) >= 11 is 5.88. The van der Waals surface area contributed by atoms with Crippen molar-refractivity contribution in [1.82, 2.24) is 0 Å². The highest BCUT2D eigenvalue weighted by Gasteiger charge is 2.32. The Morgan fingerprint density at radius 1 is 0.875 bits per heavy atom. The summed E-state index contributed by atoms with van der Waals surface area (Å²) in [5, 5.41) is -0.285. The fraction of sp³-hybridized carbons (Fsp3) is 0.217. The summed E-state index contributed by atoms with van der Waals surface area (Å²) in [6.45, 7) is 1.73. The Kier molecular flexibility index (Phi) is 7.16. The molecular weight excluding hydrogens is 457 g/mol. The Morgan fingerprint density at radius 2 is 1.50 bits per heavy atom. The number of ether oxygens (including phenoxy) is 3. The molecule has 3 aromatic rings. The molecular formula is C23H23ClFNO5S. The molecule has 0 bridgehead atoms. The molecule has 0 aliphatic rings. The summed E-state index contributed by atoms with van der Waals surface area (Å²) < 4.78 is 58.5. The number of benzene rings is 3. The summed E-state index contributed by atoms with van der Waals surface area (Å²) in [5.41, 5.74) is 0.961. The SMILES string of the molecule is COc1ccc(N([C@@H](C)c2cc(OC)ccc2OC)S(=O)(=O)c2ccc(F)c(Cl)c2)cc1. The van der Waals surface area contributed by atoms with Crippen molar-refractivity contribution in [3.63, 3.8) is 0 Å². The van der Waals surface area contributed by atoms with Crippen molar-refractivity contribution >= 4 is 27.3 Å². The van der Waals surface area contributed by atoms with Gasteiger partial charge in [0, 0.05) is 5.56 Å². The fourth-order valence-electron chi connectivity index (χ4n) is 3.34. The number of methoxy groups -OCH3 is 3. The molecule has 32 heavy (non-hydrogen) atoms. The number of rotatable bonds is 8. The average Bonchev–Trinajstić information content (AvgIpc) is 2.80. The van der Waals surface area contributed by atoms with Gasteiger partial charge in [-0.25, -0.2) is 12.8 Å². The standard InChI is InChI=1S/C23H23ClFNO5S/c1-15(20-13-18(30-3)9-12-23(20)31-4)26(16-5-7-17(29-2)8-6-16)32(27,28)19-10-11-22(25)21(24)14-19/h5-15H,1-4H3/t15-/m0/s1. The maximum Gasteiger partial charge on any atom is 0.264 e. The van der Waals surface area contributed by atoms with E-state index in [0.29, 0.717) is 28.5 Å². The molecule has 0 saturated carbocycles. The lowest BCUT2D eigenvalue weighted by Gasteiger charge is -2.32. The molecule has 0 saturated heterocycles. The molecule has 0 fully saturated rings. The lowest BCUT2D eigenvalue weighted by Crippen LogP contribution is -2.34. The lowest BCUT2D eigenvalue weighted by atomic mass is 10.1. The minimum atomic E-state index is -4.16. The van der Waals surface area contributed by atoms with E-state index < -0.39 is 21.9 Å². The number of hydrogen-bond acceptors (Lipinski definition) is 5. The molecule has 0 spiro atoms. The number of hydrogen-bond donors (Lipinski definition) is 0. The van der Waals surface area contributed by atoms with E-state index >= 15 is 0 Å². The van der Waals surface area contributed by atoms with Crippen LogP contribution in [0.1, 0.15) is 18.5 Å². The van der Waals surface area contributed by atoms with Crippen LogP contribution in [0.4, 0.5) is 10.1 Å². The molecule has 0 unspecified atom stereocenters. The first-order valence-corrected chi connectivity index (χ1v) is 11.4. The fourth-order valence-corrected chi connectivity index (χ4v) is 5.25. The van der Waals surface area contributed by atoms with E-state index in [1.165, 1.54) is 31.7 Å². The summed E-state index contributed by atoms with van der Waals surface area (Å²) in [4.78, 5) is -0.145. The zero-order chi connectivity index (χ0) is 23.5. The van der Waals surface area contributed by atoms with Crippen LogP contribution in [0.3, 0.4) is 0 Å². The third-order valence-corrected chi connectivity index (χ3v) is 7.20. The number of nitrogens with zero attached hydrogens (tertiary/aromatic N) is 1. The van der Waals surface area contributed by atoms with Crippen molar-refractivity contribution in [3.05, 3.63) is 77.1 Å². The van der Waals surface area contributed by atoms with E-state index in [2.05, 4.69) is 0 Å². The molecule has 6 nitrogen and oxygen atoms in total. The maximum atomic E-state index is 13.8. The topological polar surface area (TPSA) is 65.1 Å². The molecule has 0 amide bonds. The first-order valence-electron chi connectivity index (χ1n) is 9.58. The molecule has 9 heteroatoms. The van der Waals surface area contributed by atoms with Crippen LogP contribution in [0.5, 0.6) is 17.2 Å². The summed E-state index contributed by atoms with van der Waals surface area (Å²) in [5.74, 6) is 0.903. The Hall–Kier alpha value is -2.97. The molecule has 0 aromatic heterocycles. The number of halogens is 2. The minimum Gasteiger partial charge on any atom is -0.497 e. The summed E-state index contributed by atoms with van der Waals surface area (Å²) in [6, 6.07) is 14.3. The predicted octanol–water partition coefficient (Wildman–Crippen LogP) is 5.46. The zero-order valence-corrected chi connectivity index (χ0v) is 19.6. The predicted molar refractivity (Wildman–Crippen MR) is 122 cm³/mol. The Bertz CT molecular complexity index is 1200. The van der Waals surface area contributed by atoms with E-state index in [9.17, 15) is 12.8 Å². The van der Waals surface area contributed by atoms with Crippen LogP contribution >= 0.6 is 11.6 Å². The Balaban J connectivity index is 2.22. The molecule has 0 radical (unpaired) electrons. The van der Waals surface area contributed by atoms with Crippen molar-refractivity contribution in [2.45, 2.75) is 17.9 Å². The van der Waals surface area contributed by atoms with E-state index in [1.807, 2.05) is 0 Å². The maximum absolute atomic E-state index is 13.8. The molecule has 170 valence electrons. The van der Waals surface area contributed by atoms with Crippen molar-refractivity contribution in [2.24, 2.45) is 0 Å². The average molecular weight is 480 g/mol. The van der Waals surface area contributed by atoms with Crippen LogP contribution in [0, 0.1) is 5.82 Å². The van der Waals surface area contributed by atoms with E-state index in [-0.39, 0.29) is 9.92 Å². The summed E-state index contributed by atoms with van der Waals surface area (Å²) in [6.07, 6.45) is 0. The van der Waals surface area contributed by atoms with Gasteiger partial charge >= 0.3 is 0 Å². The third-order valence-electron chi connectivity index (χ3n) is 5.01. The van der Waals surface area contributed by atoms with Crippen molar-refractivity contribution < 1.29 is 27.0 Å². The first-order chi connectivity index (χ1) is 15.2. The van der Waals surface area contributed by atoms with Crippen molar-refractivity contribution in [2.75, 3.05) is 25.6 Å². The van der Waals surface area contributed by atoms with E-state index in [0.717, 1.165) is 12.1 Å². The monoisotopic (exact) mass is 479 g/mol. The van der Waals surface area contributed by atoms with Crippen LogP contribution in [0.2, 0.25) is 5.02 Å². The van der Waals surface area contributed by atoms with Crippen LogP contribution in [-0.4, -0.2) is 29.7 Å². The second-order valence-corrected chi connectivity index (χ2v) is 9.08. The van der Waals surface area contributed by atoms with Crippen LogP contribution < -0.4 is 18.5 Å². The van der Waals surface area contributed by atoms with Gasteiger partial charge in [0.15, 0.2) is 0 Å². The second-order valence-electron chi connectivity index (χ2n) is 6.86. The largest absolute Gasteiger partial charge is 0.497 e. The van der Waals surface area contributed by atoms with Gasteiger partial charge in [0.05, 0.1) is 43.0 Å². The van der Waals surface area contributed by atoms with Crippen LogP contribution in [0.15, 0.2) is 65.6 Å². The number of sulfonamides is 1. The minimum absolute atomic E-state index is 0.145. The Morgan fingerprint density at radius 3 is 2.06 bits per heavy atom. The van der Waals surface area contributed by atoms with Gasteiger partial charge in [-0.1, -0.05) is 11.6 Å². The van der Waals surface area contributed by atoms with Crippen molar-refractivity contribution in [3.8, 4) is 17.2 Å². The normalized spacial score (nSPS) is 12.2. The van der Waals surface area contributed by atoms with Gasteiger partial charge < -0.3 is 14.2 Å². The highest BCUT2D eigenvalue weighted by Crippen LogP contribution is 2.39. The van der Waals surface area contributed by atoms with Crippen LogP contribution in [-0.2, 0) is 10.0 Å². The first kappa shape index (κ1) is 23.7. The molecule has 3 aromatic carbocycles. The van der Waals surface area contributed by atoms with Gasteiger partial charge in [-0.2, -0.15) is 0 Å². The molecule has 1 atom stereocenters.